The summed E-state index contributed by atoms with van der Waals surface area (Å²) in [6.07, 6.45) is 1.05. The summed E-state index contributed by atoms with van der Waals surface area (Å²) in [5.41, 5.74) is 2.67. The highest BCUT2D eigenvalue weighted by Crippen LogP contribution is 2.45. The van der Waals surface area contributed by atoms with Crippen LogP contribution in [-0.2, 0) is 19.4 Å². The standard InChI is InChI=1S/C24H25N3O6S2/c1-33-18-7-5-17(6-8-18)20-9-10-21(34-20)24(16-22(28)26-30)11-13-27(14-15-35(24,31)32)23(29)19-4-2-3-12-25-19/h2-10,12,30H,11,13-16H2,1H3,(H,26,28). The normalized spacial score (nSPS) is 19.5. The molecule has 1 saturated heterocycles. The number of rotatable bonds is 6. The number of methoxy groups -OCH3 is 1. The van der Waals surface area contributed by atoms with Gasteiger partial charge >= 0.3 is 0 Å². The van der Waals surface area contributed by atoms with Crippen LogP contribution in [0.1, 0.15) is 28.2 Å². The molecule has 1 unspecified atom stereocenters. The van der Waals surface area contributed by atoms with Crippen molar-refractivity contribution in [3.8, 4) is 16.2 Å². The van der Waals surface area contributed by atoms with E-state index in [1.807, 2.05) is 30.3 Å². The monoisotopic (exact) mass is 515 g/mol. The number of thiophene rings is 1. The molecule has 2 N–H and O–H groups in total. The summed E-state index contributed by atoms with van der Waals surface area (Å²) in [5, 5.41) is 9.21. The Morgan fingerprint density at radius 1 is 1.14 bits per heavy atom. The van der Waals surface area contributed by atoms with Gasteiger partial charge in [0.05, 0.1) is 19.3 Å². The van der Waals surface area contributed by atoms with E-state index >= 15 is 0 Å². The smallest absolute Gasteiger partial charge is 0.272 e. The Morgan fingerprint density at radius 3 is 2.57 bits per heavy atom. The van der Waals surface area contributed by atoms with Gasteiger partial charge in [0.1, 0.15) is 16.2 Å². The largest absolute Gasteiger partial charge is 0.497 e. The van der Waals surface area contributed by atoms with E-state index in [0.717, 1.165) is 10.4 Å². The molecule has 1 aliphatic rings. The van der Waals surface area contributed by atoms with Crippen molar-refractivity contribution in [3.63, 3.8) is 0 Å². The third kappa shape index (κ3) is 4.93. The van der Waals surface area contributed by atoms with Crippen molar-refractivity contribution in [1.29, 1.82) is 0 Å². The Hall–Kier alpha value is -3.28. The van der Waals surface area contributed by atoms with Gasteiger partial charge in [-0.2, -0.15) is 0 Å². The second kappa shape index (κ2) is 10.1. The number of amides is 2. The van der Waals surface area contributed by atoms with Crippen molar-refractivity contribution in [1.82, 2.24) is 15.4 Å². The van der Waals surface area contributed by atoms with Crippen LogP contribution in [-0.4, -0.2) is 61.3 Å². The van der Waals surface area contributed by atoms with Gasteiger partial charge in [-0.1, -0.05) is 6.07 Å². The molecule has 0 aliphatic carbocycles. The van der Waals surface area contributed by atoms with Crippen LogP contribution in [0.15, 0.2) is 60.8 Å². The number of pyridine rings is 1. The molecule has 11 heteroatoms. The molecular formula is C24H25N3O6S2. The highest BCUT2D eigenvalue weighted by Gasteiger charge is 2.50. The molecule has 1 aromatic carbocycles. The zero-order chi connectivity index (χ0) is 25.1. The number of hydrogen-bond donors (Lipinski definition) is 2. The first-order valence-corrected chi connectivity index (χ1v) is 13.4. The van der Waals surface area contributed by atoms with Crippen LogP contribution < -0.4 is 10.2 Å². The highest BCUT2D eigenvalue weighted by atomic mass is 32.2. The number of nitrogens with zero attached hydrogens (tertiary/aromatic N) is 2. The van der Waals surface area contributed by atoms with Crippen LogP contribution in [0.4, 0.5) is 0 Å². The average molecular weight is 516 g/mol. The molecule has 0 spiro atoms. The molecule has 3 heterocycles. The second-order valence-electron chi connectivity index (χ2n) is 8.17. The van der Waals surface area contributed by atoms with Crippen LogP contribution in [0, 0.1) is 0 Å². The fraction of sp³-hybridized carbons (Fsp3) is 0.292. The minimum Gasteiger partial charge on any atom is -0.497 e. The van der Waals surface area contributed by atoms with Gasteiger partial charge in [0.15, 0.2) is 9.84 Å². The van der Waals surface area contributed by atoms with E-state index < -0.39 is 26.9 Å². The molecule has 35 heavy (non-hydrogen) atoms. The SMILES string of the molecule is COc1ccc(-c2ccc(C3(CC(=O)NO)CCN(C(=O)c4ccccn4)CCS3(=O)=O)s2)cc1. The van der Waals surface area contributed by atoms with Crippen molar-refractivity contribution < 1.29 is 28.0 Å². The van der Waals surface area contributed by atoms with Gasteiger partial charge in [-0.15, -0.1) is 11.3 Å². The molecule has 3 aromatic rings. The van der Waals surface area contributed by atoms with Gasteiger partial charge in [0.2, 0.25) is 5.91 Å². The number of carbonyl (C=O) groups excluding carboxylic acids is 2. The third-order valence-corrected chi connectivity index (χ3v) is 10.1. The molecule has 4 rings (SSSR count). The van der Waals surface area contributed by atoms with Crippen molar-refractivity contribution in [2.24, 2.45) is 0 Å². The number of sulfone groups is 1. The number of hydroxylamine groups is 1. The number of nitrogens with one attached hydrogen (secondary N) is 1. The molecule has 0 radical (unpaired) electrons. The molecule has 0 saturated carbocycles. The fourth-order valence-corrected chi connectivity index (χ4v) is 7.83. The maximum atomic E-state index is 13.7. The molecule has 0 bridgehead atoms. The van der Waals surface area contributed by atoms with Crippen LogP contribution in [0.25, 0.3) is 10.4 Å². The zero-order valence-electron chi connectivity index (χ0n) is 19.0. The molecule has 184 valence electrons. The lowest BCUT2D eigenvalue weighted by atomic mass is 9.97. The summed E-state index contributed by atoms with van der Waals surface area (Å²) >= 11 is 1.28. The summed E-state index contributed by atoms with van der Waals surface area (Å²) < 4.78 is 31.0. The summed E-state index contributed by atoms with van der Waals surface area (Å²) in [4.78, 5) is 32.1. The van der Waals surface area contributed by atoms with Crippen LogP contribution in [0.3, 0.4) is 0 Å². The molecular weight excluding hydrogens is 490 g/mol. The quantitative estimate of drug-likeness (QED) is 0.382. The summed E-state index contributed by atoms with van der Waals surface area (Å²) in [5.74, 6) is -0.795. The Morgan fingerprint density at radius 2 is 1.91 bits per heavy atom. The lowest BCUT2D eigenvalue weighted by Crippen LogP contribution is -2.41. The number of carbonyl (C=O) groups is 2. The van der Waals surface area contributed by atoms with Gasteiger partial charge < -0.3 is 9.64 Å². The first kappa shape index (κ1) is 24.8. The maximum absolute atomic E-state index is 13.7. The van der Waals surface area contributed by atoms with E-state index in [4.69, 9.17) is 4.74 Å². The molecule has 1 aliphatic heterocycles. The molecule has 2 aromatic heterocycles. The minimum absolute atomic E-state index is 0.00386. The second-order valence-corrected chi connectivity index (χ2v) is 11.7. The number of aromatic nitrogens is 1. The van der Waals surface area contributed by atoms with E-state index in [9.17, 15) is 23.2 Å². The average Bonchev–Trinajstić information content (AvgIpc) is 3.34. The maximum Gasteiger partial charge on any atom is 0.272 e. The predicted octanol–water partition coefficient (Wildman–Crippen LogP) is 2.87. The first-order chi connectivity index (χ1) is 16.8. The number of hydrogen-bond acceptors (Lipinski definition) is 8. The highest BCUT2D eigenvalue weighted by molar-refractivity contribution is 7.92. The van der Waals surface area contributed by atoms with E-state index in [1.54, 1.807) is 36.9 Å². The van der Waals surface area contributed by atoms with Crippen LogP contribution in [0.5, 0.6) is 5.75 Å². The minimum atomic E-state index is -3.90. The fourth-order valence-electron chi connectivity index (χ4n) is 4.22. The van der Waals surface area contributed by atoms with Gasteiger partial charge in [-0.05, 0) is 60.5 Å². The summed E-state index contributed by atoms with van der Waals surface area (Å²) in [6.45, 7) is 0.0973. The van der Waals surface area contributed by atoms with Gasteiger partial charge in [-0.25, -0.2) is 13.9 Å². The van der Waals surface area contributed by atoms with E-state index in [0.29, 0.717) is 10.6 Å². The van der Waals surface area contributed by atoms with Crippen molar-refractivity contribution in [3.05, 3.63) is 71.4 Å². The van der Waals surface area contributed by atoms with Crippen LogP contribution in [0.2, 0.25) is 0 Å². The van der Waals surface area contributed by atoms with Gasteiger partial charge in [-0.3, -0.25) is 19.8 Å². The van der Waals surface area contributed by atoms with E-state index in [1.165, 1.54) is 22.4 Å². The lowest BCUT2D eigenvalue weighted by molar-refractivity contribution is -0.129. The molecule has 1 atom stereocenters. The van der Waals surface area contributed by atoms with Crippen molar-refractivity contribution >= 4 is 33.0 Å². The van der Waals surface area contributed by atoms with Crippen LogP contribution >= 0.6 is 11.3 Å². The number of ether oxygens (including phenoxy) is 1. The Kier molecular flexibility index (Phi) is 7.20. The topological polar surface area (TPSA) is 126 Å². The zero-order valence-corrected chi connectivity index (χ0v) is 20.6. The van der Waals surface area contributed by atoms with Gasteiger partial charge in [0.25, 0.3) is 5.91 Å². The molecule has 1 fully saturated rings. The molecule has 2 amide bonds. The summed E-state index contributed by atoms with van der Waals surface area (Å²) in [6, 6.07) is 15.9. The van der Waals surface area contributed by atoms with Crippen molar-refractivity contribution in [2.45, 2.75) is 17.6 Å². The molecule has 9 nitrogen and oxygen atoms in total. The predicted molar refractivity (Wildman–Crippen MR) is 131 cm³/mol. The summed E-state index contributed by atoms with van der Waals surface area (Å²) in [7, 11) is -2.33. The van der Waals surface area contributed by atoms with E-state index in [2.05, 4.69) is 4.98 Å². The lowest BCUT2D eigenvalue weighted by Gasteiger charge is -2.30. The third-order valence-electron chi connectivity index (χ3n) is 6.18. The van der Waals surface area contributed by atoms with E-state index in [-0.39, 0.29) is 36.9 Å². The Balaban J connectivity index is 1.71. The van der Waals surface area contributed by atoms with Gasteiger partial charge in [0, 0.05) is 29.0 Å². The Bertz CT molecular complexity index is 1310. The first-order valence-electron chi connectivity index (χ1n) is 10.9. The Labute approximate surface area is 207 Å². The number of benzene rings is 1. The van der Waals surface area contributed by atoms with Crippen molar-refractivity contribution in [2.75, 3.05) is 26.0 Å².